The molecule has 0 unspecified atom stereocenters. The van der Waals surface area contributed by atoms with Gasteiger partial charge in [-0.3, -0.25) is 4.90 Å². The van der Waals surface area contributed by atoms with Crippen molar-refractivity contribution < 1.29 is 4.42 Å². The molecule has 4 heteroatoms. The Bertz CT molecular complexity index is 392. The van der Waals surface area contributed by atoms with Crippen LogP contribution >= 0.6 is 11.8 Å². The molecular weight excluding hydrogens is 196 g/mol. The predicted octanol–water partition coefficient (Wildman–Crippen LogP) is 2.44. The van der Waals surface area contributed by atoms with E-state index in [4.69, 9.17) is 4.42 Å². The largest absolute Gasteiger partial charge is 0.431 e. The highest BCUT2D eigenvalue weighted by atomic mass is 32.2. The molecule has 2 rings (SSSR count). The van der Waals surface area contributed by atoms with Crippen LogP contribution in [-0.4, -0.2) is 29.9 Å². The van der Waals surface area contributed by atoms with Crippen LogP contribution < -0.4 is 0 Å². The summed E-state index contributed by atoms with van der Waals surface area (Å²) in [5.41, 5.74) is 1.78. The molecule has 0 fully saturated rings. The number of hydrogen-bond donors (Lipinski definition) is 0. The Morgan fingerprint density at radius 2 is 2.14 bits per heavy atom. The second kappa shape index (κ2) is 4.02. The second-order valence-electron chi connectivity index (χ2n) is 3.30. The van der Waals surface area contributed by atoms with Gasteiger partial charge < -0.3 is 4.42 Å². The quantitative estimate of drug-likeness (QED) is 0.572. The zero-order valence-corrected chi connectivity index (χ0v) is 9.04. The first-order valence-corrected chi connectivity index (χ1v) is 5.37. The SMILES string of the molecule is CN(C)CSc1nc2ccccc2o1. The van der Waals surface area contributed by atoms with Crippen LogP contribution in [0.3, 0.4) is 0 Å². The Kier molecular flexibility index (Phi) is 2.74. The van der Waals surface area contributed by atoms with E-state index >= 15 is 0 Å². The van der Waals surface area contributed by atoms with E-state index in [1.165, 1.54) is 0 Å². The fourth-order valence-corrected chi connectivity index (χ4v) is 1.78. The number of fused-ring (bicyclic) bond motifs is 1. The number of aromatic nitrogens is 1. The highest BCUT2D eigenvalue weighted by Gasteiger charge is 2.05. The van der Waals surface area contributed by atoms with Crippen molar-refractivity contribution in [2.24, 2.45) is 0 Å². The van der Waals surface area contributed by atoms with Gasteiger partial charge >= 0.3 is 0 Å². The van der Waals surface area contributed by atoms with Gasteiger partial charge in [-0.1, -0.05) is 23.9 Å². The number of rotatable bonds is 3. The van der Waals surface area contributed by atoms with Crippen LogP contribution in [0.1, 0.15) is 0 Å². The molecule has 2 aromatic rings. The molecule has 0 bridgehead atoms. The Balaban J connectivity index is 2.19. The monoisotopic (exact) mass is 208 g/mol. The fourth-order valence-electron chi connectivity index (χ4n) is 1.10. The number of nitrogens with zero attached hydrogens (tertiary/aromatic N) is 2. The van der Waals surface area contributed by atoms with Gasteiger partial charge in [-0.05, 0) is 26.2 Å². The molecular formula is C10H12N2OS. The van der Waals surface area contributed by atoms with E-state index in [2.05, 4.69) is 9.88 Å². The van der Waals surface area contributed by atoms with Crippen LogP contribution in [0.4, 0.5) is 0 Å². The molecule has 0 N–H and O–H groups in total. The van der Waals surface area contributed by atoms with Gasteiger partial charge in [-0.15, -0.1) is 0 Å². The van der Waals surface area contributed by atoms with Crippen LogP contribution in [0.25, 0.3) is 11.1 Å². The minimum Gasteiger partial charge on any atom is -0.431 e. The molecule has 0 saturated heterocycles. The van der Waals surface area contributed by atoms with Crippen LogP contribution in [0, 0.1) is 0 Å². The number of thioether (sulfide) groups is 1. The number of benzene rings is 1. The summed E-state index contributed by atoms with van der Waals surface area (Å²) in [5.74, 6) is 0.882. The summed E-state index contributed by atoms with van der Waals surface area (Å²) in [4.78, 5) is 6.44. The van der Waals surface area contributed by atoms with Gasteiger partial charge in [0.1, 0.15) is 5.52 Å². The van der Waals surface area contributed by atoms with Crippen LogP contribution in [-0.2, 0) is 0 Å². The molecule has 3 nitrogen and oxygen atoms in total. The van der Waals surface area contributed by atoms with Gasteiger partial charge in [0.05, 0.1) is 5.88 Å². The topological polar surface area (TPSA) is 29.3 Å². The van der Waals surface area contributed by atoms with E-state index < -0.39 is 0 Å². The van der Waals surface area contributed by atoms with Crippen molar-refractivity contribution in [1.29, 1.82) is 0 Å². The van der Waals surface area contributed by atoms with Crippen LogP contribution in [0.15, 0.2) is 33.9 Å². The van der Waals surface area contributed by atoms with E-state index in [0.29, 0.717) is 0 Å². The molecule has 1 heterocycles. The molecule has 14 heavy (non-hydrogen) atoms. The number of para-hydroxylation sites is 2. The summed E-state index contributed by atoms with van der Waals surface area (Å²) in [5, 5.41) is 0.736. The third kappa shape index (κ3) is 2.08. The summed E-state index contributed by atoms with van der Waals surface area (Å²) < 4.78 is 5.54. The summed E-state index contributed by atoms with van der Waals surface area (Å²) in [6, 6.07) is 7.81. The molecule has 1 aromatic heterocycles. The average molecular weight is 208 g/mol. The van der Waals surface area contributed by atoms with Crippen molar-refractivity contribution in [2.75, 3.05) is 20.0 Å². The average Bonchev–Trinajstić information content (AvgIpc) is 2.57. The first kappa shape index (κ1) is 9.55. The van der Waals surface area contributed by atoms with Crippen molar-refractivity contribution in [3.8, 4) is 0 Å². The molecule has 0 aliphatic carbocycles. The maximum absolute atomic E-state index is 5.54. The van der Waals surface area contributed by atoms with Crippen molar-refractivity contribution >= 4 is 22.9 Å². The van der Waals surface area contributed by atoms with E-state index in [-0.39, 0.29) is 0 Å². The highest BCUT2D eigenvalue weighted by molar-refractivity contribution is 7.99. The third-order valence-corrected chi connectivity index (χ3v) is 2.79. The van der Waals surface area contributed by atoms with Crippen molar-refractivity contribution in [3.05, 3.63) is 24.3 Å². The lowest BCUT2D eigenvalue weighted by atomic mass is 10.3. The molecule has 0 aliphatic rings. The molecule has 0 radical (unpaired) electrons. The molecule has 1 aromatic carbocycles. The second-order valence-corrected chi connectivity index (χ2v) is 4.20. The maximum atomic E-state index is 5.54. The number of hydrogen-bond acceptors (Lipinski definition) is 4. The van der Waals surface area contributed by atoms with Crippen LogP contribution in [0.5, 0.6) is 0 Å². The first-order chi connectivity index (χ1) is 6.75. The normalized spacial score (nSPS) is 11.4. The molecule has 0 amide bonds. The minimum absolute atomic E-state index is 0.736. The molecule has 74 valence electrons. The summed E-state index contributed by atoms with van der Waals surface area (Å²) in [6.07, 6.45) is 0. The Hall–Kier alpha value is -1.00. The van der Waals surface area contributed by atoms with Crippen molar-refractivity contribution in [3.63, 3.8) is 0 Å². The van der Waals surface area contributed by atoms with Gasteiger partial charge in [0.25, 0.3) is 5.22 Å². The predicted molar refractivity (Wildman–Crippen MR) is 58.4 cm³/mol. The van der Waals surface area contributed by atoms with E-state index in [1.807, 2.05) is 38.4 Å². The van der Waals surface area contributed by atoms with E-state index in [0.717, 1.165) is 22.2 Å². The van der Waals surface area contributed by atoms with Gasteiger partial charge in [0, 0.05) is 0 Å². The third-order valence-electron chi connectivity index (χ3n) is 1.72. The number of oxazole rings is 1. The zero-order chi connectivity index (χ0) is 9.97. The maximum Gasteiger partial charge on any atom is 0.258 e. The smallest absolute Gasteiger partial charge is 0.258 e. The molecule has 0 saturated carbocycles. The summed E-state index contributed by atoms with van der Waals surface area (Å²) in [7, 11) is 4.05. The Labute approximate surface area is 87.1 Å². The van der Waals surface area contributed by atoms with Crippen LogP contribution in [0.2, 0.25) is 0 Å². The molecule has 0 spiro atoms. The van der Waals surface area contributed by atoms with Crippen molar-refractivity contribution in [1.82, 2.24) is 9.88 Å². The van der Waals surface area contributed by atoms with Gasteiger partial charge in [0.2, 0.25) is 0 Å². The lowest BCUT2D eigenvalue weighted by Crippen LogP contribution is -2.09. The molecule has 0 aliphatic heterocycles. The van der Waals surface area contributed by atoms with Crippen molar-refractivity contribution in [2.45, 2.75) is 5.22 Å². The Morgan fingerprint density at radius 1 is 1.36 bits per heavy atom. The van der Waals surface area contributed by atoms with E-state index in [9.17, 15) is 0 Å². The fraction of sp³-hybridized carbons (Fsp3) is 0.300. The standard InChI is InChI=1S/C10H12N2OS/c1-12(2)7-14-10-11-8-5-3-4-6-9(8)13-10/h3-6H,7H2,1-2H3. The molecule has 0 atom stereocenters. The summed E-state index contributed by atoms with van der Waals surface area (Å²) in [6.45, 7) is 0. The summed E-state index contributed by atoms with van der Waals surface area (Å²) >= 11 is 1.60. The van der Waals surface area contributed by atoms with Gasteiger partial charge in [-0.25, -0.2) is 4.98 Å². The first-order valence-electron chi connectivity index (χ1n) is 4.39. The minimum atomic E-state index is 0.736. The van der Waals surface area contributed by atoms with Gasteiger partial charge in [0.15, 0.2) is 5.58 Å². The zero-order valence-electron chi connectivity index (χ0n) is 8.23. The lowest BCUT2D eigenvalue weighted by Gasteiger charge is -2.04. The van der Waals surface area contributed by atoms with E-state index in [1.54, 1.807) is 11.8 Å². The Morgan fingerprint density at radius 3 is 2.86 bits per heavy atom. The lowest BCUT2D eigenvalue weighted by molar-refractivity contribution is 0.466. The van der Waals surface area contributed by atoms with Gasteiger partial charge in [-0.2, -0.15) is 0 Å². The highest BCUT2D eigenvalue weighted by Crippen LogP contribution is 2.22.